The smallest absolute Gasteiger partial charge is 0.255 e. The molecular formula is C13H20BrN3O3. The van der Waals surface area contributed by atoms with Crippen molar-refractivity contribution in [1.29, 1.82) is 0 Å². The second kappa shape index (κ2) is 9.68. The number of ether oxygens (including phenoxy) is 2. The van der Waals surface area contributed by atoms with E-state index in [1.54, 1.807) is 26.4 Å². The third-order valence-electron chi connectivity index (χ3n) is 2.52. The highest BCUT2D eigenvalue weighted by molar-refractivity contribution is 9.10. The Balaban J connectivity index is 2.34. The molecule has 2 N–H and O–H groups in total. The molecule has 6 nitrogen and oxygen atoms in total. The highest BCUT2D eigenvalue weighted by Gasteiger charge is 2.11. The third kappa shape index (κ3) is 5.85. The summed E-state index contributed by atoms with van der Waals surface area (Å²) in [5.41, 5.74) is 0.516. The average Bonchev–Trinajstić information content (AvgIpc) is 2.46. The van der Waals surface area contributed by atoms with Crippen LogP contribution >= 0.6 is 15.9 Å². The SMILES string of the molecule is CNc1ncc(Br)cc1C(=O)NCCCOCCOC. The van der Waals surface area contributed by atoms with E-state index in [1.165, 1.54) is 0 Å². The van der Waals surface area contributed by atoms with Crippen molar-refractivity contribution >= 4 is 27.7 Å². The van der Waals surface area contributed by atoms with Crippen molar-refractivity contribution in [2.75, 3.05) is 45.8 Å². The number of amides is 1. The quantitative estimate of drug-likeness (QED) is 0.666. The molecule has 1 rings (SSSR count). The van der Waals surface area contributed by atoms with Crippen LogP contribution in [0.25, 0.3) is 0 Å². The lowest BCUT2D eigenvalue weighted by molar-refractivity contribution is 0.0688. The summed E-state index contributed by atoms with van der Waals surface area (Å²) in [6.45, 7) is 2.31. The Morgan fingerprint density at radius 1 is 1.40 bits per heavy atom. The predicted molar refractivity (Wildman–Crippen MR) is 81.1 cm³/mol. The first-order valence-electron chi connectivity index (χ1n) is 6.37. The largest absolute Gasteiger partial charge is 0.382 e. The van der Waals surface area contributed by atoms with Crippen LogP contribution < -0.4 is 10.6 Å². The summed E-state index contributed by atoms with van der Waals surface area (Å²) in [6, 6.07) is 1.74. The molecule has 0 spiro atoms. The molecule has 0 saturated heterocycles. The van der Waals surface area contributed by atoms with Crippen LogP contribution in [-0.2, 0) is 9.47 Å². The lowest BCUT2D eigenvalue weighted by Crippen LogP contribution is -2.26. The van der Waals surface area contributed by atoms with E-state index in [2.05, 4.69) is 31.5 Å². The van der Waals surface area contributed by atoms with Gasteiger partial charge in [-0.05, 0) is 28.4 Å². The summed E-state index contributed by atoms with van der Waals surface area (Å²) in [5.74, 6) is 0.405. The molecule has 0 atom stereocenters. The lowest BCUT2D eigenvalue weighted by atomic mass is 10.2. The van der Waals surface area contributed by atoms with Gasteiger partial charge in [-0.2, -0.15) is 0 Å². The third-order valence-corrected chi connectivity index (χ3v) is 2.95. The van der Waals surface area contributed by atoms with E-state index in [-0.39, 0.29) is 5.91 Å². The van der Waals surface area contributed by atoms with Crippen molar-refractivity contribution < 1.29 is 14.3 Å². The number of carbonyl (C=O) groups excluding carboxylic acids is 1. The van der Waals surface area contributed by atoms with E-state index in [0.29, 0.717) is 37.7 Å². The predicted octanol–water partition coefficient (Wildman–Crippen LogP) is 1.67. The number of nitrogens with zero attached hydrogens (tertiary/aromatic N) is 1. The minimum absolute atomic E-state index is 0.153. The first-order valence-corrected chi connectivity index (χ1v) is 7.16. The van der Waals surface area contributed by atoms with Crippen LogP contribution in [0.4, 0.5) is 5.82 Å². The van der Waals surface area contributed by atoms with Crippen molar-refractivity contribution in [3.63, 3.8) is 0 Å². The van der Waals surface area contributed by atoms with E-state index in [0.717, 1.165) is 10.9 Å². The van der Waals surface area contributed by atoms with Crippen LogP contribution in [0.15, 0.2) is 16.7 Å². The zero-order chi connectivity index (χ0) is 14.8. The number of aromatic nitrogens is 1. The molecule has 0 aliphatic carbocycles. The second-order valence-corrected chi connectivity index (χ2v) is 4.93. The van der Waals surface area contributed by atoms with E-state index >= 15 is 0 Å². The summed E-state index contributed by atoms with van der Waals surface area (Å²) < 4.78 is 11.0. The zero-order valence-corrected chi connectivity index (χ0v) is 13.3. The van der Waals surface area contributed by atoms with Gasteiger partial charge in [-0.15, -0.1) is 0 Å². The molecule has 0 aromatic carbocycles. The van der Waals surface area contributed by atoms with Gasteiger partial charge in [0.2, 0.25) is 0 Å². The van der Waals surface area contributed by atoms with Crippen molar-refractivity contribution in [2.24, 2.45) is 0 Å². The summed E-state index contributed by atoms with van der Waals surface area (Å²) in [5, 5.41) is 5.74. The molecule has 0 radical (unpaired) electrons. The number of hydrogen-bond acceptors (Lipinski definition) is 5. The van der Waals surface area contributed by atoms with Crippen LogP contribution in [0.1, 0.15) is 16.8 Å². The van der Waals surface area contributed by atoms with Gasteiger partial charge in [-0.25, -0.2) is 4.98 Å². The van der Waals surface area contributed by atoms with Crippen molar-refractivity contribution in [3.05, 3.63) is 22.3 Å². The Hall–Kier alpha value is -1.18. The van der Waals surface area contributed by atoms with Gasteiger partial charge in [0.15, 0.2) is 0 Å². The number of methoxy groups -OCH3 is 1. The van der Waals surface area contributed by atoms with Crippen LogP contribution in [0.2, 0.25) is 0 Å². The fourth-order valence-corrected chi connectivity index (χ4v) is 1.86. The van der Waals surface area contributed by atoms with E-state index in [1.807, 2.05) is 0 Å². The maximum Gasteiger partial charge on any atom is 0.255 e. The van der Waals surface area contributed by atoms with Gasteiger partial charge in [0.25, 0.3) is 5.91 Å². The van der Waals surface area contributed by atoms with Gasteiger partial charge in [0, 0.05) is 38.0 Å². The minimum atomic E-state index is -0.153. The lowest BCUT2D eigenvalue weighted by Gasteiger charge is -2.09. The standard InChI is InChI=1S/C13H20BrN3O3/c1-15-12-11(8-10(14)9-17-12)13(18)16-4-3-5-20-7-6-19-2/h8-9H,3-7H2,1-2H3,(H,15,17)(H,16,18). The number of carbonyl (C=O) groups is 1. The van der Waals surface area contributed by atoms with Gasteiger partial charge in [0.05, 0.1) is 18.8 Å². The van der Waals surface area contributed by atoms with E-state index in [4.69, 9.17) is 9.47 Å². The van der Waals surface area contributed by atoms with Gasteiger partial charge >= 0.3 is 0 Å². The Labute approximate surface area is 127 Å². The van der Waals surface area contributed by atoms with Gasteiger partial charge in [0.1, 0.15) is 5.82 Å². The molecule has 0 saturated carbocycles. The second-order valence-electron chi connectivity index (χ2n) is 4.01. The number of pyridine rings is 1. The summed E-state index contributed by atoms with van der Waals surface area (Å²) >= 11 is 3.31. The molecule has 0 unspecified atom stereocenters. The molecular weight excluding hydrogens is 326 g/mol. The van der Waals surface area contributed by atoms with Crippen molar-refractivity contribution in [1.82, 2.24) is 10.3 Å². The maximum absolute atomic E-state index is 12.0. The molecule has 1 aromatic heterocycles. The number of anilines is 1. The number of rotatable bonds is 9. The fraction of sp³-hybridized carbons (Fsp3) is 0.538. The van der Waals surface area contributed by atoms with Crippen LogP contribution in [0, 0.1) is 0 Å². The number of nitrogens with one attached hydrogen (secondary N) is 2. The minimum Gasteiger partial charge on any atom is -0.382 e. The molecule has 1 aromatic rings. The molecule has 1 heterocycles. The summed E-state index contributed by atoms with van der Waals surface area (Å²) in [4.78, 5) is 16.2. The first kappa shape index (κ1) is 16.9. The Morgan fingerprint density at radius 2 is 2.20 bits per heavy atom. The average molecular weight is 346 g/mol. The highest BCUT2D eigenvalue weighted by atomic mass is 79.9. The Bertz CT molecular complexity index is 429. The molecule has 1 amide bonds. The van der Waals surface area contributed by atoms with Gasteiger partial charge < -0.3 is 20.1 Å². The molecule has 0 fully saturated rings. The number of halogens is 1. The summed E-state index contributed by atoms with van der Waals surface area (Å²) in [7, 11) is 3.37. The molecule has 112 valence electrons. The topological polar surface area (TPSA) is 72.5 Å². The number of hydrogen-bond donors (Lipinski definition) is 2. The molecule has 0 bridgehead atoms. The van der Waals surface area contributed by atoms with Gasteiger partial charge in [-0.3, -0.25) is 4.79 Å². The molecule has 0 aliphatic rings. The highest BCUT2D eigenvalue weighted by Crippen LogP contribution is 2.17. The first-order chi connectivity index (χ1) is 9.69. The van der Waals surface area contributed by atoms with Crippen LogP contribution in [0.3, 0.4) is 0 Å². The maximum atomic E-state index is 12.0. The molecule has 20 heavy (non-hydrogen) atoms. The molecule has 0 aliphatic heterocycles. The van der Waals surface area contributed by atoms with E-state index < -0.39 is 0 Å². The fourth-order valence-electron chi connectivity index (χ4n) is 1.53. The Morgan fingerprint density at radius 3 is 2.90 bits per heavy atom. The zero-order valence-electron chi connectivity index (χ0n) is 11.7. The van der Waals surface area contributed by atoms with Gasteiger partial charge in [-0.1, -0.05) is 0 Å². The van der Waals surface area contributed by atoms with Crippen molar-refractivity contribution in [3.8, 4) is 0 Å². The summed E-state index contributed by atoms with van der Waals surface area (Å²) in [6.07, 6.45) is 2.40. The molecule has 7 heteroatoms. The van der Waals surface area contributed by atoms with Crippen LogP contribution in [-0.4, -0.2) is 51.4 Å². The monoisotopic (exact) mass is 345 g/mol. The normalized spacial score (nSPS) is 10.3. The van der Waals surface area contributed by atoms with Crippen molar-refractivity contribution in [2.45, 2.75) is 6.42 Å². The van der Waals surface area contributed by atoms with Crippen LogP contribution in [0.5, 0.6) is 0 Å². The Kier molecular flexibility index (Phi) is 8.17. The van der Waals surface area contributed by atoms with E-state index in [9.17, 15) is 4.79 Å².